The number of nitrogens with one attached hydrogen (secondary N) is 2. The highest BCUT2D eigenvalue weighted by molar-refractivity contribution is 6.42. The summed E-state index contributed by atoms with van der Waals surface area (Å²) in [6, 6.07) is 8.46. The number of hydrogen-bond acceptors (Lipinski definition) is 4. The van der Waals surface area contributed by atoms with Crippen molar-refractivity contribution in [3.8, 4) is 0 Å². The molecule has 1 aromatic carbocycles. The first-order valence-corrected chi connectivity index (χ1v) is 9.87. The molecule has 1 atom stereocenters. The van der Waals surface area contributed by atoms with Crippen molar-refractivity contribution < 1.29 is 14.4 Å². The number of halogens is 2. The number of aromatic nitrogens is 1. The van der Waals surface area contributed by atoms with Crippen LogP contribution in [0.25, 0.3) is 0 Å². The number of aryl methyl sites for hydroxylation is 1. The van der Waals surface area contributed by atoms with Crippen molar-refractivity contribution >= 4 is 52.4 Å². The van der Waals surface area contributed by atoms with E-state index < -0.39 is 5.92 Å². The van der Waals surface area contributed by atoms with Gasteiger partial charge in [-0.1, -0.05) is 29.3 Å². The molecule has 0 spiro atoms. The summed E-state index contributed by atoms with van der Waals surface area (Å²) in [4.78, 5) is 42.6. The second kappa shape index (κ2) is 9.24. The van der Waals surface area contributed by atoms with Crippen LogP contribution in [0.3, 0.4) is 0 Å². The van der Waals surface area contributed by atoms with Crippen molar-refractivity contribution in [2.45, 2.75) is 19.8 Å². The first kappa shape index (κ1) is 21.1. The van der Waals surface area contributed by atoms with E-state index in [1.54, 1.807) is 30.5 Å². The molecule has 2 aromatic rings. The average Bonchev–Trinajstić information content (AvgIpc) is 3.07. The molecule has 1 fully saturated rings. The molecule has 9 heteroatoms. The van der Waals surface area contributed by atoms with Crippen LogP contribution >= 0.6 is 23.2 Å². The molecule has 0 saturated carbocycles. The number of hydrogen-bond donors (Lipinski definition) is 2. The predicted octanol–water partition coefficient (Wildman–Crippen LogP) is 3.19. The highest BCUT2D eigenvalue weighted by atomic mass is 35.5. The predicted molar refractivity (Wildman–Crippen MR) is 112 cm³/mol. The maximum atomic E-state index is 12.6. The molecule has 1 saturated heterocycles. The van der Waals surface area contributed by atoms with Gasteiger partial charge < -0.3 is 15.5 Å². The maximum absolute atomic E-state index is 12.6. The van der Waals surface area contributed by atoms with Gasteiger partial charge in [0.1, 0.15) is 11.7 Å². The molecule has 2 heterocycles. The van der Waals surface area contributed by atoms with Crippen LogP contribution in [0.4, 0.5) is 11.5 Å². The Balaban J connectivity index is 1.48. The second-order valence-corrected chi connectivity index (χ2v) is 7.55. The summed E-state index contributed by atoms with van der Waals surface area (Å²) in [7, 11) is 0. The standard InChI is InChI=1S/C20H20Cl2N4O3/c1-12-2-5-17(24-11-12)25-18(27)6-8-23-19(28)14-7-9-26(20(14)29)13-3-4-15(21)16(22)10-13/h2-5,10-11,14H,6-9H2,1H3,(H,23,28)(H,24,25,27). The number of anilines is 2. The van der Waals surface area contributed by atoms with E-state index in [-0.39, 0.29) is 30.7 Å². The van der Waals surface area contributed by atoms with Crippen molar-refractivity contribution in [3.05, 3.63) is 52.1 Å². The second-order valence-electron chi connectivity index (χ2n) is 6.74. The van der Waals surface area contributed by atoms with Crippen LogP contribution in [0, 0.1) is 12.8 Å². The van der Waals surface area contributed by atoms with E-state index in [0.717, 1.165) is 5.56 Å². The lowest BCUT2D eigenvalue weighted by molar-refractivity contribution is -0.132. The molecule has 29 heavy (non-hydrogen) atoms. The SMILES string of the molecule is Cc1ccc(NC(=O)CCNC(=O)C2CCN(c3ccc(Cl)c(Cl)c3)C2=O)nc1. The van der Waals surface area contributed by atoms with Gasteiger partial charge in [0, 0.05) is 31.4 Å². The third kappa shape index (κ3) is 5.25. The van der Waals surface area contributed by atoms with Crippen molar-refractivity contribution in [1.29, 1.82) is 0 Å². The smallest absolute Gasteiger partial charge is 0.239 e. The van der Waals surface area contributed by atoms with Crippen LogP contribution in [0.5, 0.6) is 0 Å². The molecule has 2 N–H and O–H groups in total. The van der Waals surface area contributed by atoms with E-state index in [0.29, 0.717) is 34.5 Å². The van der Waals surface area contributed by atoms with Crippen LogP contribution < -0.4 is 15.5 Å². The summed E-state index contributed by atoms with van der Waals surface area (Å²) in [5.74, 6) is -1.29. The molecule has 7 nitrogen and oxygen atoms in total. The normalized spacial score (nSPS) is 16.0. The van der Waals surface area contributed by atoms with Crippen LogP contribution in [0.2, 0.25) is 10.0 Å². The number of amides is 3. The van der Waals surface area contributed by atoms with Gasteiger partial charge in [-0.3, -0.25) is 14.4 Å². The third-order valence-electron chi connectivity index (χ3n) is 4.57. The van der Waals surface area contributed by atoms with E-state index in [2.05, 4.69) is 15.6 Å². The van der Waals surface area contributed by atoms with E-state index >= 15 is 0 Å². The Bertz CT molecular complexity index is 934. The number of benzene rings is 1. The van der Waals surface area contributed by atoms with Gasteiger partial charge in [-0.05, 0) is 43.2 Å². The van der Waals surface area contributed by atoms with E-state index in [1.165, 1.54) is 4.90 Å². The highest BCUT2D eigenvalue weighted by Crippen LogP contribution is 2.31. The molecule has 0 radical (unpaired) electrons. The number of carbonyl (C=O) groups excluding carboxylic acids is 3. The number of rotatable bonds is 6. The lowest BCUT2D eigenvalue weighted by Crippen LogP contribution is -2.38. The Morgan fingerprint density at radius 2 is 2.00 bits per heavy atom. The van der Waals surface area contributed by atoms with E-state index in [1.807, 2.05) is 13.0 Å². The van der Waals surface area contributed by atoms with Crippen LogP contribution in [-0.2, 0) is 14.4 Å². The summed E-state index contributed by atoms with van der Waals surface area (Å²) in [5.41, 5.74) is 1.59. The van der Waals surface area contributed by atoms with E-state index in [4.69, 9.17) is 23.2 Å². The van der Waals surface area contributed by atoms with Gasteiger partial charge in [0.15, 0.2) is 0 Å². The van der Waals surface area contributed by atoms with Gasteiger partial charge >= 0.3 is 0 Å². The summed E-state index contributed by atoms with van der Waals surface area (Å²) < 4.78 is 0. The van der Waals surface area contributed by atoms with Crippen molar-refractivity contribution in [1.82, 2.24) is 10.3 Å². The topological polar surface area (TPSA) is 91.4 Å². The minimum absolute atomic E-state index is 0.0821. The number of pyridine rings is 1. The van der Waals surface area contributed by atoms with E-state index in [9.17, 15) is 14.4 Å². The molecule has 0 aliphatic carbocycles. The molecule has 152 valence electrons. The molecule has 1 aliphatic rings. The fraction of sp³-hybridized carbons (Fsp3) is 0.300. The summed E-state index contributed by atoms with van der Waals surface area (Å²) >= 11 is 11.9. The molecular formula is C20H20Cl2N4O3. The van der Waals surface area contributed by atoms with Crippen LogP contribution in [0.1, 0.15) is 18.4 Å². The largest absolute Gasteiger partial charge is 0.355 e. The zero-order valence-electron chi connectivity index (χ0n) is 15.7. The minimum atomic E-state index is -0.786. The zero-order valence-corrected chi connectivity index (χ0v) is 17.3. The number of carbonyl (C=O) groups is 3. The van der Waals surface area contributed by atoms with Crippen molar-refractivity contribution in [3.63, 3.8) is 0 Å². The Morgan fingerprint density at radius 3 is 2.69 bits per heavy atom. The Labute approximate surface area is 178 Å². The molecule has 0 bridgehead atoms. The average molecular weight is 435 g/mol. The van der Waals surface area contributed by atoms with Gasteiger partial charge in [-0.25, -0.2) is 4.98 Å². The zero-order chi connectivity index (χ0) is 21.0. The first-order chi connectivity index (χ1) is 13.8. The summed E-state index contributed by atoms with van der Waals surface area (Å²) in [5, 5.41) is 6.06. The van der Waals surface area contributed by atoms with Crippen LogP contribution in [0.15, 0.2) is 36.5 Å². The Kier molecular flexibility index (Phi) is 6.71. The first-order valence-electron chi connectivity index (χ1n) is 9.12. The molecule has 1 unspecified atom stereocenters. The lowest BCUT2D eigenvalue weighted by Gasteiger charge is -2.17. The monoisotopic (exact) mass is 434 g/mol. The molecule has 1 aromatic heterocycles. The van der Waals surface area contributed by atoms with Gasteiger partial charge in [0.25, 0.3) is 0 Å². The van der Waals surface area contributed by atoms with Crippen LogP contribution in [-0.4, -0.2) is 35.8 Å². The van der Waals surface area contributed by atoms with Crippen molar-refractivity contribution in [2.75, 3.05) is 23.3 Å². The van der Waals surface area contributed by atoms with Crippen molar-refractivity contribution in [2.24, 2.45) is 5.92 Å². The molecule has 3 amide bonds. The molecule has 3 rings (SSSR count). The van der Waals surface area contributed by atoms with Gasteiger partial charge in [0.2, 0.25) is 17.7 Å². The van der Waals surface area contributed by atoms with Gasteiger partial charge in [-0.2, -0.15) is 0 Å². The number of nitrogens with zero attached hydrogens (tertiary/aromatic N) is 2. The summed E-state index contributed by atoms with van der Waals surface area (Å²) in [6.07, 6.45) is 2.13. The molecular weight excluding hydrogens is 415 g/mol. The Morgan fingerprint density at radius 1 is 1.21 bits per heavy atom. The molecule has 1 aliphatic heterocycles. The fourth-order valence-corrected chi connectivity index (χ4v) is 3.29. The third-order valence-corrected chi connectivity index (χ3v) is 5.31. The quantitative estimate of drug-likeness (QED) is 0.682. The summed E-state index contributed by atoms with van der Waals surface area (Å²) in [6.45, 7) is 2.45. The van der Waals surface area contributed by atoms with Gasteiger partial charge in [-0.15, -0.1) is 0 Å². The Hall–Kier alpha value is -2.64. The minimum Gasteiger partial charge on any atom is -0.355 e. The van der Waals surface area contributed by atoms with Gasteiger partial charge in [0.05, 0.1) is 10.0 Å². The fourth-order valence-electron chi connectivity index (χ4n) is 3.00. The highest BCUT2D eigenvalue weighted by Gasteiger charge is 2.37. The lowest BCUT2D eigenvalue weighted by atomic mass is 10.1. The maximum Gasteiger partial charge on any atom is 0.239 e.